The lowest BCUT2D eigenvalue weighted by Gasteiger charge is -2.36. The number of sulfonamides is 1. The highest BCUT2D eigenvalue weighted by molar-refractivity contribution is 7.88. The molecule has 1 aliphatic heterocycles. The normalized spacial score (nSPS) is 14.7. The van der Waals surface area contributed by atoms with Crippen molar-refractivity contribution in [1.82, 2.24) is 14.3 Å². The topological polar surface area (TPSA) is 111 Å². The zero-order chi connectivity index (χ0) is 27.7. The van der Waals surface area contributed by atoms with Crippen LogP contribution < -0.4 is 15.0 Å². The molecule has 200 valence electrons. The molecule has 0 bridgehead atoms. The van der Waals surface area contributed by atoms with Gasteiger partial charge in [-0.05, 0) is 55.3 Å². The molecule has 1 N–H and O–H groups in total. The summed E-state index contributed by atoms with van der Waals surface area (Å²) in [5, 5.41) is 11.9. The fourth-order valence-corrected chi connectivity index (χ4v) is 5.07. The van der Waals surface area contributed by atoms with Gasteiger partial charge >= 0.3 is 6.18 Å². The fraction of sp³-hybridized carbons (Fsp3) is 0.320. The van der Waals surface area contributed by atoms with Crippen molar-refractivity contribution in [3.63, 3.8) is 0 Å². The van der Waals surface area contributed by atoms with Crippen molar-refractivity contribution in [2.45, 2.75) is 20.0 Å². The van der Waals surface area contributed by atoms with E-state index in [9.17, 15) is 21.6 Å². The van der Waals surface area contributed by atoms with Gasteiger partial charge < -0.3 is 15.0 Å². The number of piperazine rings is 1. The molecule has 0 radical (unpaired) electrons. The van der Waals surface area contributed by atoms with Gasteiger partial charge in [0.25, 0.3) is 0 Å². The lowest BCUT2D eigenvalue weighted by Crippen LogP contribution is -2.48. The van der Waals surface area contributed by atoms with Gasteiger partial charge in [-0.2, -0.15) is 27.7 Å². The molecule has 1 saturated heterocycles. The minimum absolute atomic E-state index is 0.0269. The Balaban J connectivity index is 1.55. The second-order valence-electron chi connectivity index (χ2n) is 8.88. The summed E-state index contributed by atoms with van der Waals surface area (Å²) in [6.07, 6.45) is -2.14. The van der Waals surface area contributed by atoms with Crippen LogP contribution in [-0.4, -0.2) is 55.1 Å². The van der Waals surface area contributed by atoms with Crippen LogP contribution in [-0.2, 0) is 16.2 Å². The number of nitrogens with one attached hydrogen (secondary N) is 1. The molecule has 2 aromatic carbocycles. The number of benzene rings is 2. The Labute approximate surface area is 218 Å². The highest BCUT2D eigenvalue weighted by Gasteiger charge is 2.36. The van der Waals surface area contributed by atoms with Crippen LogP contribution in [0.2, 0.25) is 0 Å². The van der Waals surface area contributed by atoms with E-state index in [-0.39, 0.29) is 49.4 Å². The van der Waals surface area contributed by atoms with Crippen LogP contribution in [0, 0.1) is 25.2 Å². The molecule has 9 nitrogen and oxygen atoms in total. The van der Waals surface area contributed by atoms with Crippen LogP contribution in [0.15, 0.2) is 42.6 Å². The standard InChI is InChI=1S/C25H25F3N6O3S/c1-16-12-18(15-29)13-17(2)23(16)37-22-6-7-30-24(32-22)31-19-4-5-21(20(14-19)25(26,27)28)33-8-10-34(11-9-33)38(3,35)36/h4-7,12-14H,8-11H2,1-3H3,(H,30,31,32). The number of hydrogen-bond donors (Lipinski definition) is 1. The third kappa shape index (κ3) is 6.15. The first-order chi connectivity index (χ1) is 17.8. The second-order valence-corrected chi connectivity index (χ2v) is 10.9. The van der Waals surface area contributed by atoms with Crippen LogP contribution >= 0.6 is 0 Å². The van der Waals surface area contributed by atoms with Crippen molar-refractivity contribution < 1.29 is 26.3 Å². The van der Waals surface area contributed by atoms with E-state index in [1.165, 1.54) is 33.6 Å². The zero-order valence-electron chi connectivity index (χ0n) is 20.9. The molecule has 0 spiro atoms. The molecule has 2 heterocycles. The quantitative estimate of drug-likeness (QED) is 0.478. The number of hydrogen-bond acceptors (Lipinski definition) is 8. The van der Waals surface area contributed by atoms with E-state index >= 15 is 0 Å². The highest BCUT2D eigenvalue weighted by atomic mass is 32.2. The van der Waals surface area contributed by atoms with Gasteiger partial charge in [0.2, 0.25) is 21.9 Å². The summed E-state index contributed by atoms with van der Waals surface area (Å²) in [5.74, 6) is 0.734. The van der Waals surface area contributed by atoms with Crippen LogP contribution in [0.25, 0.3) is 0 Å². The molecule has 1 fully saturated rings. The molecule has 4 rings (SSSR count). The Hall–Kier alpha value is -3.89. The smallest absolute Gasteiger partial charge is 0.418 e. The van der Waals surface area contributed by atoms with Crippen LogP contribution in [0.1, 0.15) is 22.3 Å². The number of ether oxygens (including phenoxy) is 1. The summed E-state index contributed by atoms with van der Waals surface area (Å²) < 4.78 is 72.6. The maximum absolute atomic E-state index is 14.0. The third-order valence-electron chi connectivity index (χ3n) is 6.03. The molecule has 1 aliphatic rings. The summed E-state index contributed by atoms with van der Waals surface area (Å²) in [7, 11) is -3.41. The Bertz CT molecular complexity index is 1470. The molecular weight excluding hydrogens is 521 g/mol. The molecule has 1 aromatic heterocycles. The van der Waals surface area contributed by atoms with Crippen molar-refractivity contribution in [3.8, 4) is 17.7 Å². The Morgan fingerprint density at radius 1 is 1.05 bits per heavy atom. The molecule has 0 atom stereocenters. The number of rotatable bonds is 6. The molecule has 0 aliphatic carbocycles. The maximum Gasteiger partial charge on any atom is 0.418 e. The van der Waals surface area contributed by atoms with Gasteiger partial charge in [-0.25, -0.2) is 13.4 Å². The van der Waals surface area contributed by atoms with Crippen molar-refractivity contribution in [3.05, 3.63) is 64.8 Å². The van der Waals surface area contributed by atoms with Crippen molar-refractivity contribution >= 4 is 27.3 Å². The molecule has 0 saturated carbocycles. The molecular formula is C25H25F3N6O3S. The molecule has 3 aromatic rings. The fourth-order valence-electron chi connectivity index (χ4n) is 4.25. The van der Waals surface area contributed by atoms with Crippen molar-refractivity contribution in [2.75, 3.05) is 42.7 Å². The number of aromatic nitrogens is 2. The minimum atomic E-state index is -4.64. The van der Waals surface area contributed by atoms with E-state index in [2.05, 4.69) is 21.4 Å². The Morgan fingerprint density at radius 2 is 1.71 bits per heavy atom. The van der Waals surface area contributed by atoms with Crippen LogP contribution in [0.4, 0.5) is 30.5 Å². The second kappa shape index (κ2) is 10.5. The largest absolute Gasteiger partial charge is 0.438 e. The van der Waals surface area contributed by atoms with Gasteiger partial charge in [0.15, 0.2) is 0 Å². The molecule has 0 unspecified atom stereocenters. The Kier molecular flexibility index (Phi) is 7.48. The minimum Gasteiger partial charge on any atom is -0.438 e. The van der Waals surface area contributed by atoms with Gasteiger partial charge in [-0.1, -0.05) is 0 Å². The average Bonchev–Trinajstić information content (AvgIpc) is 2.85. The molecule has 13 heteroatoms. The summed E-state index contributed by atoms with van der Waals surface area (Å²) in [6, 6.07) is 10.8. The summed E-state index contributed by atoms with van der Waals surface area (Å²) in [6.45, 7) is 4.08. The van der Waals surface area contributed by atoms with E-state index in [0.29, 0.717) is 11.3 Å². The van der Waals surface area contributed by atoms with Gasteiger partial charge in [0.05, 0.1) is 23.5 Å². The molecule has 38 heavy (non-hydrogen) atoms. The number of halogens is 3. The van der Waals surface area contributed by atoms with Crippen LogP contribution in [0.5, 0.6) is 11.6 Å². The highest BCUT2D eigenvalue weighted by Crippen LogP contribution is 2.39. The average molecular weight is 547 g/mol. The lowest BCUT2D eigenvalue weighted by atomic mass is 10.1. The number of nitriles is 1. The predicted molar refractivity (Wildman–Crippen MR) is 136 cm³/mol. The van der Waals surface area contributed by atoms with Gasteiger partial charge in [-0.15, -0.1) is 0 Å². The number of anilines is 3. The third-order valence-corrected chi connectivity index (χ3v) is 7.34. The lowest BCUT2D eigenvalue weighted by molar-refractivity contribution is -0.137. The predicted octanol–water partition coefficient (Wildman–Crippen LogP) is 4.60. The first kappa shape index (κ1) is 27.2. The first-order valence-electron chi connectivity index (χ1n) is 11.6. The number of alkyl halides is 3. The van der Waals surface area contributed by atoms with Crippen LogP contribution in [0.3, 0.4) is 0 Å². The maximum atomic E-state index is 14.0. The van der Waals surface area contributed by atoms with E-state index in [1.54, 1.807) is 26.0 Å². The van der Waals surface area contributed by atoms with Gasteiger partial charge in [-0.3, -0.25) is 0 Å². The van der Waals surface area contributed by atoms with Gasteiger partial charge in [0.1, 0.15) is 5.75 Å². The van der Waals surface area contributed by atoms with E-state index < -0.39 is 21.8 Å². The van der Waals surface area contributed by atoms with E-state index in [4.69, 9.17) is 10.00 Å². The van der Waals surface area contributed by atoms with Gasteiger partial charge in [0, 0.05) is 49.8 Å². The monoisotopic (exact) mass is 546 g/mol. The molecule has 0 amide bonds. The summed E-state index contributed by atoms with van der Waals surface area (Å²) in [5.41, 5.74) is 1.21. The summed E-state index contributed by atoms with van der Waals surface area (Å²) in [4.78, 5) is 9.87. The number of nitrogens with zero attached hydrogens (tertiary/aromatic N) is 5. The zero-order valence-corrected chi connectivity index (χ0v) is 21.7. The number of aryl methyl sites for hydroxylation is 2. The van der Waals surface area contributed by atoms with E-state index in [0.717, 1.165) is 23.4 Å². The summed E-state index contributed by atoms with van der Waals surface area (Å²) >= 11 is 0. The Morgan fingerprint density at radius 3 is 2.29 bits per heavy atom. The van der Waals surface area contributed by atoms with E-state index in [1.807, 2.05) is 0 Å². The first-order valence-corrected chi connectivity index (χ1v) is 13.4. The SMILES string of the molecule is Cc1cc(C#N)cc(C)c1Oc1ccnc(Nc2ccc(N3CCN(S(C)(=O)=O)CC3)c(C(F)(F)F)c2)n1. The van der Waals surface area contributed by atoms with Crippen molar-refractivity contribution in [1.29, 1.82) is 5.26 Å². The van der Waals surface area contributed by atoms with Crippen molar-refractivity contribution in [2.24, 2.45) is 0 Å².